The molecule has 0 unspecified atom stereocenters. The van der Waals surface area contributed by atoms with E-state index in [-0.39, 0.29) is 34.3 Å². The molecule has 1 atom stereocenters. The van der Waals surface area contributed by atoms with E-state index in [1.54, 1.807) is 25.1 Å². The Balaban J connectivity index is 1.42. The molecule has 33 heavy (non-hydrogen) atoms. The van der Waals surface area contributed by atoms with Crippen molar-refractivity contribution in [3.8, 4) is 11.3 Å². The van der Waals surface area contributed by atoms with Crippen molar-refractivity contribution in [1.29, 1.82) is 0 Å². The van der Waals surface area contributed by atoms with Crippen LogP contribution in [0.25, 0.3) is 22.3 Å². The fourth-order valence-electron chi connectivity index (χ4n) is 4.34. The van der Waals surface area contributed by atoms with Crippen LogP contribution in [0, 0.1) is 6.92 Å². The number of fused-ring (bicyclic) bond motifs is 2. The molecule has 0 aliphatic carbocycles. The van der Waals surface area contributed by atoms with Gasteiger partial charge in [0.25, 0.3) is 5.91 Å². The molecule has 1 aromatic heterocycles. The number of para-hydroxylation sites is 2. The molecule has 164 valence electrons. The first kappa shape index (κ1) is 20.7. The van der Waals surface area contributed by atoms with E-state index in [0.717, 1.165) is 16.8 Å². The number of anilines is 1. The van der Waals surface area contributed by atoms with Crippen molar-refractivity contribution in [3.05, 3.63) is 99.7 Å². The van der Waals surface area contributed by atoms with Gasteiger partial charge >= 0.3 is 0 Å². The van der Waals surface area contributed by atoms with Crippen LogP contribution in [0.5, 0.6) is 0 Å². The highest BCUT2D eigenvalue weighted by atomic mass is 16.3. The average Bonchev–Trinajstić information content (AvgIpc) is 3.16. The van der Waals surface area contributed by atoms with Gasteiger partial charge in [-0.15, -0.1) is 0 Å². The van der Waals surface area contributed by atoms with Crippen molar-refractivity contribution in [1.82, 2.24) is 5.32 Å². The van der Waals surface area contributed by atoms with Gasteiger partial charge in [0.2, 0.25) is 5.91 Å². The number of hydrogen-bond donors (Lipinski definition) is 2. The molecule has 2 N–H and O–H groups in total. The second-order valence-electron chi connectivity index (χ2n) is 8.11. The normalized spacial score (nSPS) is 14.7. The van der Waals surface area contributed by atoms with E-state index in [9.17, 15) is 14.4 Å². The predicted molar refractivity (Wildman–Crippen MR) is 127 cm³/mol. The van der Waals surface area contributed by atoms with Crippen LogP contribution in [-0.2, 0) is 4.79 Å². The van der Waals surface area contributed by atoms with Gasteiger partial charge in [0.15, 0.2) is 11.0 Å². The molecule has 1 aliphatic heterocycles. The lowest BCUT2D eigenvalue weighted by molar-refractivity contribution is -0.117. The lowest BCUT2D eigenvalue weighted by Crippen LogP contribution is -2.27. The third kappa shape index (κ3) is 3.69. The molecule has 0 radical (unpaired) electrons. The Morgan fingerprint density at radius 1 is 0.970 bits per heavy atom. The van der Waals surface area contributed by atoms with Crippen molar-refractivity contribution >= 4 is 28.5 Å². The van der Waals surface area contributed by atoms with Crippen LogP contribution >= 0.6 is 0 Å². The largest absolute Gasteiger partial charge is 0.455 e. The number of hydrogen-bond acceptors (Lipinski definition) is 4. The SMILES string of the molecule is Cc1c(-c2ccccc2)oc2c(C(=O)NCC[C@@H]3C(=O)Nc4ccccc43)cccc2c1=O. The second-order valence-corrected chi connectivity index (χ2v) is 8.11. The highest BCUT2D eigenvalue weighted by Crippen LogP contribution is 2.34. The number of nitrogens with one attached hydrogen (secondary N) is 2. The van der Waals surface area contributed by atoms with E-state index in [0.29, 0.717) is 29.7 Å². The number of benzene rings is 3. The third-order valence-electron chi connectivity index (χ3n) is 6.05. The van der Waals surface area contributed by atoms with Gasteiger partial charge in [-0.3, -0.25) is 14.4 Å². The summed E-state index contributed by atoms with van der Waals surface area (Å²) in [5, 5.41) is 6.12. The molecule has 6 heteroatoms. The highest BCUT2D eigenvalue weighted by molar-refractivity contribution is 6.05. The van der Waals surface area contributed by atoms with E-state index < -0.39 is 0 Å². The second kappa shape index (κ2) is 8.39. The molecule has 3 aromatic carbocycles. The van der Waals surface area contributed by atoms with Crippen molar-refractivity contribution in [2.75, 3.05) is 11.9 Å². The molecule has 1 aliphatic rings. The maximum atomic E-state index is 13.0. The van der Waals surface area contributed by atoms with Crippen LogP contribution < -0.4 is 16.1 Å². The summed E-state index contributed by atoms with van der Waals surface area (Å²) in [4.78, 5) is 38.4. The summed E-state index contributed by atoms with van der Waals surface area (Å²) < 4.78 is 6.13. The molecule has 6 nitrogen and oxygen atoms in total. The van der Waals surface area contributed by atoms with E-state index >= 15 is 0 Å². The van der Waals surface area contributed by atoms with E-state index in [4.69, 9.17) is 4.42 Å². The van der Waals surface area contributed by atoms with Gasteiger partial charge in [-0.1, -0.05) is 54.6 Å². The topological polar surface area (TPSA) is 88.4 Å². The smallest absolute Gasteiger partial charge is 0.255 e. The standard InChI is InChI=1S/C27H22N2O4/c1-16-23(30)20-11-7-12-21(25(20)33-24(16)17-8-3-2-4-9-17)26(31)28-15-14-19-18-10-5-6-13-22(18)29-27(19)32/h2-13,19H,14-15H2,1H3,(H,28,31)(H,29,32)/t19-/m0/s1. The van der Waals surface area contributed by atoms with Gasteiger partial charge in [-0.05, 0) is 37.1 Å². The molecule has 2 heterocycles. The van der Waals surface area contributed by atoms with Gasteiger partial charge < -0.3 is 15.1 Å². The number of carbonyl (C=O) groups is 2. The molecule has 4 aromatic rings. The van der Waals surface area contributed by atoms with E-state index in [1.807, 2.05) is 54.6 Å². The first-order valence-corrected chi connectivity index (χ1v) is 10.8. The van der Waals surface area contributed by atoms with Gasteiger partial charge in [0.1, 0.15) is 5.76 Å². The minimum atomic E-state index is -0.349. The van der Waals surface area contributed by atoms with Gasteiger partial charge in [-0.25, -0.2) is 0 Å². The van der Waals surface area contributed by atoms with Crippen molar-refractivity contribution in [2.45, 2.75) is 19.3 Å². The fraction of sp³-hybridized carbons (Fsp3) is 0.148. The van der Waals surface area contributed by atoms with Crippen LogP contribution in [0.4, 0.5) is 5.69 Å². The monoisotopic (exact) mass is 438 g/mol. The molecule has 0 saturated heterocycles. The predicted octanol–water partition coefficient (Wildman–Crippen LogP) is 4.62. The minimum Gasteiger partial charge on any atom is -0.455 e. The molecule has 0 bridgehead atoms. The summed E-state index contributed by atoms with van der Waals surface area (Å²) in [5.41, 5.74) is 3.41. The van der Waals surface area contributed by atoms with E-state index in [1.165, 1.54) is 0 Å². The molecule has 5 rings (SSSR count). The van der Waals surface area contributed by atoms with Gasteiger partial charge in [-0.2, -0.15) is 0 Å². The van der Waals surface area contributed by atoms with Crippen LogP contribution in [-0.4, -0.2) is 18.4 Å². The van der Waals surface area contributed by atoms with Crippen LogP contribution in [0.15, 0.2) is 82.0 Å². The lowest BCUT2D eigenvalue weighted by Gasteiger charge is -2.12. The first-order chi connectivity index (χ1) is 16.0. The summed E-state index contributed by atoms with van der Waals surface area (Å²) in [7, 11) is 0. The minimum absolute atomic E-state index is 0.0652. The molecule has 0 saturated carbocycles. The Morgan fingerprint density at radius 2 is 1.73 bits per heavy atom. The zero-order valence-electron chi connectivity index (χ0n) is 18.1. The molecule has 0 fully saturated rings. The Hall–Kier alpha value is -4.19. The van der Waals surface area contributed by atoms with E-state index in [2.05, 4.69) is 10.6 Å². The Kier molecular flexibility index (Phi) is 5.26. The molecule has 2 amide bonds. The van der Waals surface area contributed by atoms with Crippen LogP contribution in [0.2, 0.25) is 0 Å². The average molecular weight is 438 g/mol. The molecular weight excluding hydrogens is 416 g/mol. The Bertz CT molecular complexity index is 1440. The lowest BCUT2D eigenvalue weighted by atomic mass is 9.97. The van der Waals surface area contributed by atoms with Gasteiger partial charge in [0.05, 0.1) is 16.9 Å². The maximum absolute atomic E-state index is 13.0. The summed E-state index contributed by atoms with van der Waals surface area (Å²) in [6.07, 6.45) is 0.470. The fourth-order valence-corrected chi connectivity index (χ4v) is 4.34. The van der Waals surface area contributed by atoms with Gasteiger partial charge in [0, 0.05) is 23.4 Å². The summed E-state index contributed by atoms with van der Waals surface area (Å²) in [6.45, 7) is 2.04. The van der Waals surface area contributed by atoms with Crippen LogP contribution in [0.3, 0.4) is 0 Å². The molecule has 0 spiro atoms. The zero-order chi connectivity index (χ0) is 22.9. The first-order valence-electron chi connectivity index (χ1n) is 10.8. The number of carbonyl (C=O) groups excluding carboxylic acids is 2. The van der Waals surface area contributed by atoms with Crippen molar-refractivity contribution in [2.24, 2.45) is 0 Å². The van der Waals surface area contributed by atoms with Crippen molar-refractivity contribution in [3.63, 3.8) is 0 Å². The number of rotatable bonds is 5. The highest BCUT2D eigenvalue weighted by Gasteiger charge is 2.29. The van der Waals surface area contributed by atoms with Crippen LogP contribution in [0.1, 0.15) is 33.8 Å². The zero-order valence-corrected chi connectivity index (χ0v) is 18.1. The third-order valence-corrected chi connectivity index (χ3v) is 6.05. The van der Waals surface area contributed by atoms with Crippen molar-refractivity contribution < 1.29 is 14.0 Å². The number of amides is 2. The summed E-state index contributed by atoms with van der Waals surface area (Å²) in [6, 6.07) is 21.9. The summed E-state index contributed by atoms with van der Waals surface area (Å²) in [5.74, 6) is -0.269. The molecular formula is C27H22N2O4. The Labute approximate surface area is 190 Å². The summed E-state index contributed by atoms with van der Waals surface area (Å²) >= 11 is 0. The quantitative estimate of drug-likeness (QED) is 0.476. The Morgan fingerprint density at radius 3 is 2.55 bits per heavy atom. The maximum Gasteiger partial charge on any atom is 0.255 e.